The van der Waals surface area contributed by atoms with Gasteiger partial charge in [-0.05, 0) is 0 Å². The lowest BCUT2D eigenvalue weighted by Gasteiger charge is -2.14. The van der Waals surface area contributed by atoms with Gasteiger partial charge in [-0.15, -0.1) is 0 Å². The summed E-state index contributed by atoms with van der Waals surface area (Å²) in [4.78, 5) is 41.3. The molecule has 0 aromatic heterocycles. The van der Waals surface area contributed by atoms with E-state index < -0.39 is 23.9 Å². The van der Waals surface area contributed by atoms with Gasteiger partial charge in [0.2, 0.25) is 0 Å². The first-order valence-corrected chi connectivity index (χ1v) is 13.4. The van der Waals surface area contributed by atoms with Gasteiger partial charge in [-0.2, -0.15) is 0 Å². The van der Waals surface area contributed by atoms with Crippen LogP contribution in [0.2, 0.25) is 0 Å². The molecular weight excluding hydrogens is 568 g/mol. The minimum Gasteiger partial charge on any atom is -0.545 e. The van der Waals surface area contributed by atoms with E-state index >= 15 is 0 Å². The zero-order chi connectivity index (χ0) is 36.3. The van der Waals surface area contributed by atoms with Crippen LogP contribution in [-0.2, 0) is 0 Å². The van der Waals surface area contributed by atoms with Crippen molar-refractivity contribution in [2.24, 2.45) is 0 Å². The summed E-state index contributed by atoms with van der Waals surface area (Å²) in [6.45, 7) is 0. The number of carboxylic acid groups (broad SMARTS) is 4. The molecule has 0 atom stereocenters. The lowest BCUT2D eigenvalue weighted by Crippen LogP contribution is -2.29. The minimum atomic E-state index is -1.52. The standard InChI is InChI=1S/2C8H6O4.4C4H12N/c2*9-7(10)5-3-1-2-4-6(5)8(11)12;4*1-5(2,3)4/h2*1-4H,(H,9,10)(H,11,12);4*1-4H3/q;;4*+1/p-4. The van der Waals surface area contributed by atoms with Crippen molar-refractivity contribution in [3.05, 3.63) is 70.8 Å². The molecule has 0 spiro atoms. The van der Waals surface area contributed by atoms with Crippen LogP contribution in [0.25, 0.3) is 0 Å². The van der Waals surface area contributed by atoms with Crippen molar-refractivity contribution in [3.8, 4) is 0 Å². The highest BCUT2D eigenvalue weighted by molar-refractivity contribution is 6.00. The molecule has 0 heterocycles. The summed E-state index contributed by atoms with van der Waals surface area (Å²) < 4.78 is 4.00. The summed E-state index contributed by atoms with van der Waals surface area (Å²) in [7, 11) is 34.0. The molecule has 0 amide bonds. The first-order chi connectivity index (χ1) is 19.3. The number of aromatic carboxylic acids is 4. The van der Waals surface area contributed by atoms with Crippen LogP contribution in [0.3, 0.4) is 0 Å². The molecular formula is C32H56N4O8. The Morgan fingerprint density at radius 1 is 0.341 bits per heavy atom. The maximum atomic E-state index is 10.3. The van der Waals surface area contributed by atoms with E-state index in [1.807, 2.05) is 0 Å². The van der Waals surface area contributed by atoms with Crippen molar-refractivity contribution in [1.82, 2.24) is 0 Å². The van der Waals surface area contributed by atoms with E-state index in [0.717, 1.165) is 42.2 Å². The zero-order valence-corrected chi connectivity index (χ0v) is 29.7. The Kier molecular flexibility index (Phi) is 22.4. The van der Waals surface area contributed by atoms with Gasteiger partial charge >= 0.3 is 0 Å². The summed E-state index contributed by atoms with van der Waals surface area (Å²) in [5.41, 5.74) is -1.45. The molecule has 252 valence electrons. The molecule has 12 nitrogen and oxygen atoms in total. The number of hydrogen-bond donors (Lipinski definition) is 0. The number of rotatable bonds is 4. The topological polar surface area (TPSA) is 161 Å². The lowest BCUT2D eigenvalue weighted by molar-refractivity contribution is -0.849. The summed E-state index contributed by atoms with van der Waals surface area (Å²) in [5, 5.41) is 41.3. The van der Waals surface area contributed by atoms with Crippen LogP contribution in [-0.4, -0.2) is 155 Å². The maximum Gasteiger partial charge on any atom is 0.0721 e. The van der Waals surface area contributed by atoms with Crippen LogP contribution in [0.1, 0.15) is 41.4 Å². The van der Waals surface area contributed by atoms with Crippen LogP contribution in [0.4, 0.5) is 0 Å². The van der Waals surface area contributed by atoms with Crippen molar-refractivity contribution in [2.75, 3.05) is 113 Å². The van der Waals surface area contributed by atoms with Crippen LogP contribution < -0.4 is 20.4 Å². The highest BCUT2D eigenvalue weighted by Crippen LogP contribution is 2.06. The van der Waals surface area contributed by atoms with Crippen molar-refractivity contribution < 1.29 is 57.5 Å². The van der Waals surface area contributed by atoms with E-state index in [4.69, 9.17) is 0 Å². The summed E-state index contributed by atoms with van der Waals surface area (Å²) in [6.07, 6.45) is 0. The van der Waals surface area contributed by atoms with Gasteiger partial charge in [0.1, 0.15) is 0 Å². The predicted molar refractivity (Wildman–Crippen MR) is 166 cm³/mol. The van der Waals surface area contributed by atoms with Gasteiger partial charge in [0, 0.05) is 22.3 Å². The van der Waals surface area contributed by atoms with Gasteiger partial charge in [-0.3, -0.25) is 0 Å². The van der Waals surface area contributed by atoms with E-state index in [2.05, 4.69) is 113 Å². The van der Waals surface area contributed by atoms with Gasteiger partial charge < -0.3 is 57.5 Å². The maximum absolute atomic E-state index is 10.3. The average molecular weight is 625 g/mol. The number of nitrogens with zero attached hydrogens (tertiary/aromatic N) is 4. The highest BCUT2D eigenvalue weighted by atomic mass is 16.4. The molecule has 2 rings (SSSR count). The normalized spacial score (nSPS) is 10.5. The second-order valence-corrected chi connectivity index (χ2v) is 15.0. The fourth-order valence-corrected chi connectivity index (χ4v) is 1.68. The van der Waals surface area contributed by atoms with Gasteiger partial charge in [-0.1, -0.05) is 48.5 Å². The average Bonchev–Trinajstić information content (AvgIpc) is 2.75. The van der Waals surface area contributed by atoms with Crippen molar-refractivity contribution in [2.45, 2.75) is 0 Å². The third-order valence-electron chi connectivity index (χ3n) is 2.73. The molecule has 0 aliphatic rings. The smallest absolute Gasteiger partial charge is 0.0721 e. The number of carbonyl (C=O) groups excluding carboxylic acids is 4. The fourth-order valence-electron chi connectivity index (χ4n) is 1.68. The molecule has 12 heteroatoms. The Morgan fingerprint density at radius 2 is 0.432 bits per heavy atom. The Balaban J connectivity index is -0.000000232. The first kappa shape index (κ1) is 47.1. The summed E-state index contributed by atoms with van der Waals surface area (Å²) in [5.74, 6) is -6.07. The molecule has 0 bridgehead atoms. The van der Waals surface area contributed by atoms with Crippen LogP contribution in [0.5, 0.6) is 0 Å². The molecule has 0 saturated carbocycles. The molecule has 0 radical (unpaired) electrons. The van der Waals surface area contributed by atoms with Gasteiger partial charge in [0.15, 0.2) is 0 Å². The number of quaternary nitrogens is 4. The second kappa shape index (κ2) is 21.0. The van der Waals surface area contributed by atoms with Crippen LogP contribution in [0, 0.1) is 0 Å². The minimum absolute atomic E-state index is 0.363. The summed E-state index contributed by atoms with van der Waals surface area (Å²) >= 11 is 0. The molecule has 0 aliphatic carbocycles. The van der Waals surface area contributed by atoms with Gasteiger partial charge in [-0.25, -0.2) is 0 Å². The number of carboxylic acids is 4. The fraction of sp³-hybridized carbons (Fsp3) is 0.500. The Labute approximate surface area is 265 Å². The summed E-state index contributed by atoms with van der Waals surface area (Å²) in [6, 6.07) is 10.3. The third kappa shape index (κ3) is 45.2. The lowest BCUT2D eigenvalue weighted by atomic mass is 10.1. The molecule has 2 aromatic rings. The molecule has 2 aromatic carbocycles. The third-order valence-corrected chi connectivity index (χ3v) is 2.73. The predicted octanol–water partition coefficient (Wildman–Crippen LogP) is -1.88. The van der Waals surface area contributed by atoms with Crippen LogP contribution >= 0.6 is 0 Å². The van der Waals surface area contributed by atoms with E-state index in [1.54, 1.807) is 0 Å². The van der Waals surface area contributed by atoms with E-state index in [-0.39, 0.29) is 22.3 Å². The van der Waals surface area contributed by atoms with Crippen molar-refractivity contribution in [3.63, 3.8) is 0 Å². The highest BCUT2D eigenvalue weighted by Gasteiger charge is 2.02. The number of hydrogen-bond acceptors (Lipinski definition) is 8. The first-order valence-electron chi connectivity index (χ1n) is 13.4. The molecule has 0 fully saturated rings. The quantitative estimate of drug-likeness (QED) is 0.357. The van der Waals surface area contributed by atoms with Crippen LogP contribution in [0.15, 0.2) is 48.5 Å². The molecule has 0 aliphatic heterocycles. The molecule has 44 heavy (non-hydrogen) atoms. The van der Waals surface area contributed by atoms with E-state index in [0.29, 0.717) is 0 Å². The van der Waals surface area contributed by atoms with E-state index in [1.165, 1.54) is 24.3 Å². The number of carbonyl (C=O) groups is 4. The molecule has 0 N–H and O–H groups in total. The zero-order valence-electron chi connectivity index (χ0n) is 29.7. The second-order valence-electron chi connectivity index (χ2n) is 15.0. The monoisotopic (exact) mass is 624 g/mol. The van der Waals surface area contributed by atoms with E-state index in [9.17, 15) is 39.6 Å². The Hall–Kier alpha value is -3.84. The molecule has 0 unspecified atom stereocenters. The Morgan fingerprint density at radius 3 is 0.500 bits per heavy atom. The SMILES string of the molecule is C[N+](C)(C)C.C[N+](C)(C)C.C[N+](C)(C)C.C[N+](C)(C)C.O=C([O-])c1ccccc1C(=O)[O-].O=C([O-])c1ccccc1C(=O)[O-]. The van der Waals surface area contributed by atoms with Crippen molar-refractivity contribution in [1.29, 1.82) is 0 Å². The Bertz CT molecular complexity index is 949. The largest absolute Gasteiger partial charge is 0.545 e. The van der Waals surface area contributed by atoms with Crippen molar-refractivity contribution >= 4 is 23.9 Å². The van der Waals surface area contributed by atoms with Gasteiger partial charge in [0.05, 0.1) is 137 Å². The molecule has 0 saturated heterocycles. The van der Waals surface area contributed by atoms with Gasteiger partial charge in [0.25, 0.3) is 0 Å². The number of benzene rings is 2.